The van der Waals surface area contributed by atoms with Gasteiger partial charge in [-0.15, -0.1) is 0 Å². The minimum Gasteiger partial charge on any atom is -0.216 e. The highest BCUT2D eigenvalue weighted by Gasteiger charge is 2.17. The van der Waals surface area contributed by atoms with Gasteiger partial charge < -0.3 is 0 Å². The summed E-state index contributed by atoms with van der Waals surface area (Å²) in [6.07, 6.45) is 1.96. The number of hydrogen-bond acceptors (Lipinski definition) is 4. The molecule has 0 aliphatic rings. The smallest absolute Gasteiger partial charge is 0.214 e. The number of aromatic nitrogens is 3. The lowest BCUT2D eigenvalue weighted by atomic mass is 10.0. The monoisotopic (exact) mass is 318 g/mol. The SMILES string of the molecule is CCCc1nn2c(C#N)c(-c3ccc4ccccc4c3)nc2s1. The van der Waals surface area contributed by atoms with Crippen molar-refractivity contribution in [3.63, 3.8) is 0 Å². The molecule has 0 bridgehead atoms. The lowest BCUT2D eigenvalue weighted by Gasteiger charge is -2.01. The highest BCUT2D eigenvalue weighted by atomic mass is 32.1. The third-order valence-electron chi connectivity index (χ3n) is 3.84. The number of hydrogen-bond donors (Lipinski definition) is 0. The zero-order valence-electron chi connectivity index (χ0n) is 12.7. The van der Waals surface area contributed by atoms with E-state index in [-0.39, 0.29) is 0 Å². The van der Waals surface area contributed by atoms with Crippen LogP contribution < -0.4 is 0 Å². The molecule has 0 saturated carbocycles. The van der Waals surface area contributed by atoms with Crippen molar-refractivity contribution in [1.82, 2.24) is 14.6 Å². The Morgan fingerprint density at radius 1 is 1.17 bits per heavy atom. The van der Waals surface area contributed by atoms with Gasteiger partial charge in [0.25, 0.3) is 0 Å². The van der Waals surface area contributed by atoms with E-state index in [9.17, 15) is 5.26 Å². The Hall–Kier alpha value is -2.71. The van der Waals surface area contributed by atoms with Crippen LogP contribution in [0.1, 0.15) is 24.0 Å². The average Bonchev–Trinajstić information content (AvgIpc) is 3.11. The minimum atomic E-state index is 0.508. The molecule has 0 saturated heterocycles. The van der Waals surface area contributed by atoms with Crippen LogP contribution in [0.15, 0.2) is 42.5 Å². The van der Waals surface area contributed by atoms with Crippen molar-refractivity contribution in [2.24, 2.45) is 0 Å². The summed E-state index contributed by atoms with van der Waals surface area (Å²) in [7, 11) is 0. The molecule has 2 aromatic heterocycles. The van der Waals surface area contributed by atoms with E-state index in [1.807, 2.05) is 18.2 Å². The van der Waals surface area contributed by atoms with Crippen LogP contribution in [0.25, 0.3) is 27.0 Å². The zero-order chi connectivity index (χ0) is 15.8. The Bertz CT molecular complexity index is 1050. The van der Waals surface area contributed by atoms with Gasteiger partial charge in [-0.3, -0.25) is 0 Å². The number of aryl methyl sites for hydroxylation is 1. The van der Waals surface area contributed by atoms with Gasteiger partial charge >= 0.3 is 0 Å². The fourth-order valence-corrected chi connectivity index (χ4v) is 3.74. The first-order chi connectivity index (χ1) is 11.3. The molecule has 4 rings (SSSR count). The maximum atomic E-state index is 9.57. The summed E-state index contributed by atoms with van der Waals surface area (Å²) in [5.41, 5.74) is 2.17. The molecule has 4 nitrogen and oxygen atoms in total. The van der Waals surface area contributed by atoms with Gasteiger partial charge in [0.15, 0.2) is 5.69 Å². The summed E-state index contributed by atoms with van der Waals surface area (Å²) in [6.45, 7) is 2.12. The average molecular weight is 318 g/mol. The molecule has 0 aliphatic carbocycles. The minimum absolute atomic E-state index is 0.508. The number of nitriles is 1. The lowest BCUT2D eigenvalue weighted by Crippen LogP contribution is -1.92. The van der Waals surface area contributed by atoms with E-state index >= 15 is 0 Å². The van der Waals surface area contributed by atoms with Gasteiger partial charge in [0.2, 0.25) is 4.96 Å². The number of nitrogens with zero attached hydrogens (tertiary/aromatic N) is 4. The number of rotatable bonds is 3. The van der Waals surface area contributed by atoms with Gasteiger partial charge in [-0.05, 0) is 23.3 Å². The second-order valence-corrected chi connectivity index (χ2v) is 6.46. The Labute approximate surface area is 137 Å². The van der Waals surface area contributed by atoms with Crippen LogP contribution in [0.2, 0.25) is 0 Å². The van der Waals surface area contributed by atoms with E-state index in [0.717, 1.165) is 33.8 Å². The first-order valence-electron chi connectivity index (χ1n) is 7.58. The first kappa shape index (κ1) is 13.9. The largest absolute Gasteiger partial charge is 0.216 e. The van der Waals surface area contributed by atoms with Crippen LogP contribution in [0.5, 0.6) is 0 Å². The molecule has 0 fully saturated rings. The molecule has 5 heteroatoms. The summed E-state index contributed by atoms with van der Waals surface area (Å²) >= 11 is 1.56. The van der Waals surface area contributed by atoms with Gasteiger partial charge in [-0.2, -0.15) is 14.9 Å². The molecule has 4 aromatic rings. The van der Waals surface area contributed by atoms with Gasteiger partial charge in [-0.1, -0.05) is 54.7 Å². The molecular formula is C18H14N4S. The molecule has 23 heavy (non-hydrogen) atoms. The molecule has 0 N–H and O–H groups in total. The van der Waals surface area contributed by atoms with Crippen molar-refractivity contribution < 1.29 is 0 Å². The van der Waals surface area contributed by atoms with E-state index in [4.69, 9.17) is 0 Å². The quantitative estimate of drug-likeness (QED) is 0.561. The van der Waals surface area contributed by atoms with Crippen LogP contribution in [0, 0.1) is 11.3 Å². The van der Waals surface area contributed by atoms with Crippen LogP contribution in [-0.2, 0) is 6.42 Å². The number of benzene rings is 2. The second-order valence-electron chi connectivity index (χ2n) is 5.42. The Kier molecular flexibility index (Phi) is 3.32. The normalized spacial score (nSPS) is 11.1. The van der Waals surface area contributed by atoms with E-state index in [1.165, 1.54) is 5.39 Å². The summed E-state index contributed by atoms with van der Waals surface area (Å²) in [6, 6.07) is 16.6. The Morgan fingerprint density at radius 3 is 2.78 bits per heavy atom. The van der Waals surface area contributed by atoms with E-state index in [1.54, 1.807) is 15.9 Å². The van der Waals surface area contributed by atoms with Crippen molar-refractivity contribution in [3.8, 4) is 17.3 Å². The van der Waals surface area contributed by atoms with Crippen molar-refractivity contribution in [2.75, 3.05) is 0 Å². The van der Waals surface area contributed by atoms with E-state index in [2.05, 4.69) is 47.3 Å². The van der Waals surface area contributed by atoms with Crippen LogP contribution >= 0.6 is 11.3 Å². The van der Waals surface area contributed by atoms with Gasteiger partial charge in [0.05, 0.1) is 0 Å². The van der Waals surface area contributed by atoms with Crippen LogP contribution in [-0.4, -0.2) is 14.6 Å². The maximum absolute atomic E-state index is 9.57. The van der Waals surface area contributed by atoms with Crippen molar-refractivity contribution in [1.29, 1.82) is 5.26 Å². The Morgan fingerprint density at radius 2 is 2.00 bits per heavy atom. The molecule has 0 atom stereocenters. The molecule has 0 spiro atoms. The summed E-state index contributed by atoms with van der Waals surface area (Å²) < 4.78 is 1.68. The van der Waals surface area contributed by atoms with Crippen molar-refractivity contribution in [2.45, 2.75) is 19.8 Å². The molecule has 2 heterocycles. The van der Waals surface area contributed by atoms with Gasteiger partial charge in [0, 0.05) is 12.0 Å². The molecule has 0 amide bonds. The highest BCUT2D eigenvalue weighted by Crippen LogP contribution is 2.29. The number of imidazole rings is 1. The number of fused-ring (bicyclic) bond motifs is 2. The molecular weight excluding hydrogens is 304 g/mol. The van der Waals surface area contributed by atoms with Crippen LogP contribution in [0.3, 0.4) is 0 Å². The topological polar surface area (TPSA) is 54.0 Å². The van der Waals surface area contributed by atoms with Gasteiger partial charge in [-0.25, -0.2) is 4.98 Å². The highest BCUT2D eigenvalue weighted by molar-refractivity contribution is 7.16. The predicted octanol–water partition coefficient (Wildman–Crippen LogP) is 4.44. The van der Waals surface area contributed by atoms with Gasteiger partial charge in [0.1, 0.15) is 16.8 Å². The predicted molar refractivity (Wildman–Crippen MR) is 92.5 cm³/mol. The van der Waals surface area contributed by atoms with Crippen LogP contribution in [0.4, 0.5) is 0 Å². The zero-order valence-corrected chi connectivity index (χ0v) is 13.5. The third-order valence-corrected chi connectivity index (χ3v) is 4.81. The maximum Gasteiger partial charge on any atom is 0.214 e. The summed E-state index contributed by atoms with van der Waals surface area (Å²) in [5.74, 6) is 0. The standard InChI is InChI=1S/C18H14N4S/c1-2-5-16-21-22-15(11-19)17(20-18(22)23-16)14-9-8-12-6-3-4-7-13(12)10-14/h3-4,6-10H,2,5H2,1H3. The molecule has 112 valence electrons. The molecule has 0 unspecified atom stereocenters. The fourth-order valence-electron chi connectivity index (χ4n) is 2.74. The van der Waals surface area contributed by atoms with E-state index < -0.39 is 0 Å². The molecule has 0 radical (unpaired) electrons. The fraction of sp³-hybridized carbons (Fsp3) is 0.167. The second kappa shape index (κ2) is 5.49. The summed E-state index contributed by atoms with van der Waals surface area (Å²) in [4.78, 5) is 5.45. The van der Waals surface area contributed by atoms with E-state index in [0.29, 0.717) is 11.4 Å². The first-order valence-corrected chi connectivity index (χ1v) is 8.39. The van der Waals surface area contributed by atoms with Crippen molar-refractivity contribution >= 4 is 27.1 Å². The molecule has 0 aliphatic heterocycles. The summed E-state index contributed by atoms with van der Waals surface area (Å²) in [5, 5.41) is 17.5. The molecule has 2 aromatic carbocycles. The van der Waals surface area contributed by atoms with Crippen molar-refractivity contribution in [3.05, 3.63) is 53.2 Å². The lowest BCUT2D eigenvalue weighted by molar-refractivity contribution is 0.843. The third kappa shape index (κ3) is 2.28. The Balaban J connectivity index is 1.89.